The largest absolute Gasteiger partial charge is 0.419 e. The number of carbonyl (C=O) groups excluding carboxylic acids is 1. The van der Waals surface area contributed by atoms with Gasteiger partial charge in [0, 0.05) is 30.4 Å². The van der Waals surface area contributed by atoms with E-state index in [9.17, 15) is 23.1 Å². The van der Waals surface area contributed by atoms with Crippen molar-refractivity contribution < 1.29 is 23.1 Å². The second kappa shape index (κ2) is 9.78. The molecule has 3 heterocycles. The first kappa shape index (κ1) is 24.9. The summed E-state index contributed by atoms with van der Waals surface area (Å²) in [6.07, 6.45) is 0.684. The highest BCUT2D eigenvalue weighted by Crippen LogP contribution is 2.30. The molecule has 35 heavy (non-hydrogen) atoms. The number of benzene rings is 1. The van der Waals surface area contributed by atoms with E-state index in [0.717, 1.165) is 28.2 Å². The van der Waals surface area contributed by atoms with E-state index in [-0.39, 0.29) is 38.4 Å². The molecule has 0 atom stereocenters. The van der Waals surface area contributed by atoms with Crippen molar-refractivity contribution in [2.75, 3.05) is 13.1 Å². The third-order valence-electron chi connectivity index (χ3n) is 5.80. The number of halogens is 4. The van der Waals surface area contributed by atoms with Gasteiger partial charge in [0.2, 0.25) is 5.91 Å². The Bertz CT molecular complexity index is 1230. The number of likely N-dealkylation sites (tertiary alicyclic amines) is 1. The van der Waals surface area contributed by atoms with Crippen molar-refractivity contribution in [3.63, 3.8) is 0 Å². The molecule has 0 aliphatic carbocycles. The van der Waals surface area contributed by atoms with Crippen molar-refractivity contribution in [2.24, 2.45) is 0 Å². The quantitative estimate of drug-likeness (QED) is 0.513. The summed E-state index contributed by atoms with van der Waals surface area (Å²) in [5.74, 6) is 0.304. The van der Waals surface area contributed by atoms with E-state index in [1.165, 1.54) is 10.9 Å². The van der Waals surface area contributed by atoms with Crippen molar-refractivity contribution in [1.82, 2.24) is 34.9 Å². The third-order valence-corrected chi connectivity index (χ3v) is 6.03. The normalized spacial score (nSPS) is 16.2. The topological polar surface area (TPSA) is 102 Å². The summed E-state index contributed by atoms with van der Waals surface area (Å²) >= 11 is 6.13. The molecule has 0 bridgehead atoms. The Kier molecular flexibility index (Phi) is 6.95. The molecule has 2 aromatic heterocycles. The molecule has 1 aromatic carbocycles. The van der Waals surface area contributed by atoms with Crippen molar-refractivity contribution in [3.05, 3.63) is 64.2 Å². The van der Waals surface area contributed by atoms with Crippen LogP contribution in [0.25, 0.3) is 6.08 Å². The fourth-order valence-electron chi connectivity index (χ4n) is 3.88. The number of amides is 1. The minimum atomic E-state index is -4.49. The number of nitrogens with zero attached hydrogens (tertiary/aromatic N) is 7. The number of hydrogen-bond acceptors (Lipinski definition) is 6. The maximum absolute atomic E-state index is 12.8. The van der Waals surface area contributed by atoms with Crippen LogP contribution in [0.5, 0.6) is 0 Å². The van der Waals surface area contributed by atoms with Crippen LogP contribution in [0.15, 0.2) is 36.7 Å². The molecule has 0 radical (unpaired) electrons. The van der Waals surface area contributed by atoms with Crippen molar-refractivity contribution in [2.45, 2.75) is 44.6 Å². The van der Waals surface area contributed by atoms with Gasteiger partial charge in [0.1, 0.15) is 0 Å². The highest BCUT2D eigenvalue weighted by Gasteiger charge is 2.36. The molecule has 0 saturated carbocycles. The van der Waals surface area contributed by atoms with Crippen LogP contribution in [0.2, 0.25) is 5.02 Å². The van der Waals surface area contributed by atoms with Crippen molar-refractivity contribution in [3.8, 4) is 0 Å². The van der Waals surface area contributed by atoms with E-state index >= 15 is 0 Å². The van der Waals surface area contributed by atoms with Gasteiger partial charge in [-0.1, -0.05) is 17.7 Å². The van der Waals surface area contributed by atoms with E-state index in [2.05, 4.69) is 20.5 Å². The Labute approximate surface area is 203 Å². The smallest absolute Gasteiger partial charge is 0.388 e. The van der Waals surface area contributed by atoms with E-state index in [1.807, 2.05) is 0 Å². The lowest BCUT2D eigenvalue weighted by molar-refractivity contribution is -0.138. The van der Waals surface area contributed by atoms with Crippen LogP contribution in [-0.2, 0) is 24.1 Å². The number of carbonyl (C=O) groups is 1. The standard InChI is InChI=1S/C22H23ClF3N7O2/c1-15-28-30-33(29-15)12-17-10-19(23)4-2-16(17)3-5-20(34)31-8-6-21(35,7-9-31)14-32-13-18(11-27-32)22(24,25)26/h2-5,10-11,13,35H,6-9,12,14H2,1H3/b5-3+. The van der Waals surface area contributed by atoms with E-state index < -0.39 is 17.3 Å². The Morgan fingerprint density at radius 2 is 2.03 bits per heavy atom. The Morgan fingerprint density at radius 1 is 1.29 bits per heavy atom. The second-order valence-corrected chi connectivity index (χ2v) is 8.95. The molecule has 1 fully saturated rings. The Morgan fingerprint density at radius 3 is 2.66 bits per heavy atom. The molecule has 1 aliphatic heterocycles. The van der Waals surface area contributed by atoms with Gasteiger partial charge in [-0.2, -0.15) is 23.1 Å². The van der Waals surface area contributed by atoms with Gasteiger partial charge in [-0.15, -0.1) is 10.2 Å². The SMILES string of the molecule is Cc1nnn(Cc2cc(Cl)ccc2/C=C/C(=O)N2CCC(O)(Cn3cc(C(F)(F)F)cn3)CC2)n1. The molecule has 186 valence electrons. The fraction of sp³-hybridized carbons (Fsp3) is 0.409. The zero-order valence-corrected chi connectivity index (χ0v) is 19.5. The van der Waals surface area contributed by atoms with Crippen LogP contribution < -0.4 is 0 Å². The third kappa shape index (κ3) is 6.25. The number of hydrogen-bond donors (Lipinski definition) is 1. The monoisotopic (exact) mass is 509 g/mol. The van der Waals surface area contributed by atoms with Crippen LogP contribution >= 0.6 is 11.6 Å². The Balaban J connectivity index is 1.37. The first-order chi connectivity index (χ1) is 16.5. The zero-order valence-electron chi connectivity index (χ0n) is 18.8. The number of tetrazole rings is 1. The highest BCUT2D eigenvalue weighted by atomic mass is 35.5. The van der Waals surface area contributed by atoms with Gasteiger partial charge in [0.15, 0.2) is 5.82 Å². The summed E-state index contributed by atoms with van der Waals surface area (Å²) in [7, 11) is 0. The summed E-state index contributed by atoms with van der Waals surface area (Å²) in [6, 6.07) is 5.28. The van der Waals surface area contributed by atoms with Gasteiger partial charge in [-0.25, -0.2) is 0 Å². The molecule has 0 unspecified atom stereocenters. The molecule has 3 aromatic rings. The molecular formula is C22H23ClF3N7O2. The number of rotatable bonds is 6. The summed E-state index contributed by atoms with van der Waals surface area (Å²) in [4.78, 5) is 15.8. The van der Waals surface area contributed by atoms with Crippen LogP contribution in [0, 0.1) is 6.92 Å². The molecule has 0 spiro atoms. The van der Waals surface area contributed by atoms with Gasteiger partial charge >= 0.3 is 6.18 Å². The lowest BCUT2D eigenvalue weighted by Gasteiger charge is -2.37. The fourth-order valence-corrected chi connectivity index (χ4v) is 4.08. The second-order valence-electron chi connectivity index (χ2n) is 8.52. The number of aryl methyl sites for hydroxylation is 1. The van der Waals surface area contributed by atoms with Gasteiger partial charge in [-0.3, -0.25) is 9.48 Å². The highest BCUT2D eigenvalue weighted by molar-refractivity contribution is 6.30. The van der Waals surface area contributed by atoms with Gasteiger partial charge in [-0.05, 0) is 54.3 Å². The number of alkyl halides is 3. The predicted octanol–water partition coefficient (Wildman–Crippen LogP) is 2.97. The van der Waals surface area contributed by atoms with Gasteiger partial charge in [0.25, 0.3) is 0 Å². The first-order valence-electron chi connectivity index (χ1n) is 10.8. The molecule has 1 saturated heterocycles. The van der Waals surface area contributed by atoms with E-state index in [0.29, 0.717) is 17.4 Å². The molecular weight excluding hydrogens is 487 g/mol. The van der Waals surface area contributed by atoms with Crippen LogP contribution in [0.3, 0.4) is 0 Å². The lowest BCUT2D eigenvalue weighted by atomic mass is 9.91. The minimum Gasteiger partial charge on any atom is -0.388 e. The maximum atomic E-state index is 12.8. The first-order valence-corrected chi connectivity index (χ1v) is 11.2. The van der Waals surface area contributed by atoms with Crippen molar-refractivity contribution in [1.29, 1.82) is 0 Å². The average Bonchev–Trinajstić information content (AvgIpc) is 3.42. The predicted molar refractivity (Wildman–Crippen MR) is 120 cm³/mol. The number of piperidine rings is 1. The minimum absolute atomic E-state index is 0.0785. The molecule has 13 heteroatoms. The van der Waals surface area contributed by atoms with Crippen LogP contribution in [0.4, 0.5) is 13.2 Å². The average molecular weight is 510 g/mol. The molecule has 9 nitrogen and oxygen atoms in total. The van der Waals surface area contributed by atoms with Gasteiger partial charge in [0.05, 0.1) is 30.5 Å². The zero-order chi connectivity index (χ0) is 25.2. The van der Waals surface area contributed by atoms with E-state index in [4.69, 9.17) is 11.6 Å². The maximum Gasteiger partial charge on any atom is 0.419 e. The van der Waals surface area contributed by atoms with Crippen molar-refractivity contribution >= 4 is 23.6 Å². The van der Waals surface area contributed by atoms with Crippen LogP contribution in [-0.4, -0.2) is 64.6 Å². The molecule has 1 N–H and O–H groups in total. The Hall–Kier alpha value is -3.25. The summed E-state index contributed by atoms with van der Waals surface area (Å²) in [5, 5.41) is 27.0. The number of aliphatic hydroxyl groups is 1. The summed E-state index contributed by atoms with van der Waals surface area (Å²) < 4.78 is 39.4. The molecule has 4 rings (SSSR count). The summed E-state index contributed by atoms with van der Waals surface area (Å²) in [5.41, 5.74) is -0.535. The number of aromatic nitrogens is 6. The van der Waals surface area contributed by atoms with Crippen LogP contribution in [0.1, 0.15) is 35.4 Å². The lowest BCUT2D eigenvalue weighted by Crippen LogP contribution is -2.48. The summed E-state index contributed by atoms with van der Waals surface area (Å²) in [6.45, 7) is 2.52. The molecule has 1 amide bonds. The van der Waals surface area contributed by atoms with Gasteiger partial charge < -0.3 is 10.0 Å². The molecule has 1 aliphatic rings. The van der Waals surface area contributed by atoms with E-state index in [1.54, 1.807) is 36.1 Å².